The molecule has 6 heteroatoms. The number of aryl methyl sites for hydroxylation is 1. The van der Waals surface area contributed by atoms with Crippen LogP contribution in [0.3, 0.4) is 0 Å². The highest BCUT2D eigenvalue weighted by Gasteiger charge is 2.29. The lowest BCUT2D eigenvalue weighted by Crippen LogP contribution is -2.35. The fraction of sp³-hybridized carbons (Fsp3) is 0.556. The van der Waals surface area contributed by atoms with Crippen LogP contribution in [0.25, 0.3) is 0 Å². The van der Waals surface area contributed by atoms with E-state index in [1.54, 1.807) is 6.20 Å². The minimum atomic E-state index is -0.307. The summed E-state index contributed by atoms with van der Waals surface area (Å²) >= 11 is 0. The van der Waals surface area contributed by atoms with E-state index in [9.17, 15) is 4.39 Å². The van der Waals surface area contributed by atoms with Crippen molar-refractivity contribution in [2.75, 3.05) is 13.2 Å². The summed E-state index contributed by atoms with van der Waals surface area (Å²) in [6, 6.07) is 1.64. The molecule has 3 heterocycles. The minimum Gasteiger partial charge on any atom is -0.381 e. The number of pyridine rings is 1. The molecule has 130 valence electrons. The van der Waals surface area contributed by atoms with Crippen LogP contribution in [0.1, 0.15) is 50.2 Å². The maximum atomic E-state index is 13.5. The summed E-state index contributed by atoms with van der Waals surface area (Å²) in [5.41, 5.74) is 0.849. The summed E-state index contributed by atoms with van der Waals surface area (Å²) in [6.07, 6.45) is 8.81. The molecule has 3 rings (SSSR count). The topological polar surface area (TPSA) is 52.0 Å². The molecule has 1 aliphatic heterocycles. The van der Waals surface area contributed by atoms with Crippen LogP contribution in [-0.4, -0.2) is 27.7 Å². The Kier molecular flexibility index (Phi) is 5.58. The number of nitrogens with one attached hydrogen (secondary N) is 1. The van der Waals surface area contributed by atoms with E-state index in [2.05, 4.69) is 26.8 Å². The summed E-state index contributed by atoms with van der Waals surface area (Å²) in [5, 5.41) is 3.66. The van der Waals surface area contributed by atoms with Gasteiger partial charge in [-0.05, 0) is 44.2 Å². The van der Waals surface area contributed by atoms with Crippen molar-refractivity contribution in [2.45, 2.75) is 45.3 Å². The van der Waals surface area contributed by atoms with Crippen LogP contribution in [0.5, 0.6) is 0 Å². The van der Waals surface area contributed by atoms with Gasteiger partial charge >= 0.3 is 0 Å². The van der Waals surface area contributed by atoms with E-state index < -0.39 is 0 Å². The Hall–Kier alpha value is -1.79. The number of imidazole rings is 1. The number of nitrogens with zero attached hydrogens (tertiary/aromatic N) is 3. The molecule has 0 amide bonds. The molecule has 0 aromatic carbocycles. The van der Waals surface area contributed by atoms with Gasteiger partial charge in [0.25, 0.3) is 0 Å². The van der Waals surface area contributed by atoms with E-state index >= 15 is 0 Å². The standard InChI is InChI=1S/C18H25FN4O/c1-3-23-7-6-21-18(23)17(14-4-8-24-9-5-14)22-13(2)15-10-16(19)12-20-11-15/h6-7,10-14,17,22H,3-5,8-9H2,1-2H3. The van der Waals surface area contributed by atoms with Crippen molar-refractivity contribution in [1.82, 2.24) is 19.9 Å². The second-order valence-electron chi connectivity index (χ2n) is 6.32. The van der Waals surface area contributed by atoms with Gasteiger partial charge in [-0.1, -0.05) is 0 Å². The number of hydrogen-bond acceptors (Lipinski definition) is 4. The molecular weight excluding hydrogens is 307 g/mol. The molecule has 2 aromatic rings. The zero-order chi connectivity index (χ0) is 16.9. The van der Waals surface area contributed by atoms with Crippen LogP contribution in [-0.2, 0) is 11.3 Å². The summed E-state index contributed by atoms with van der Waals surface area (Å²) in [7, 11) is 0. The molecule has 1 N–H and O–H groups in total. The number of rotatable bonds is 6. The first kappa shape index (κ1) is 17.0. The monoisotopic (exact) mass is 332 g/mol. The van der Waals surface area contributed by atoms with Gasteiger partial charge in [0.15, 0.2) is 0 Å². The third-order valence-electron chi connectivity index (χ3n) is 4.76. The number of ether oxygens (including phenoxy) is 1. The first-order valence-electron chi connectivity index (χ1n) is 8.64. The summed E-state index contributed by atoms with van der Waals surface area (Å²) < 4.78 is 21.2. The van der Waals surface area contributed by atoms with Crippen molar-refractivity contribution in [3.63, 3.8) is 0 Å². The molecule has 0 radical (unpaired) electrons. The minimum absolute atomic E-state index is 0.0111. The molecule has 2 atom stereocenters. The fourth-order valence-electron chi connectivity index (χ4n) is 3.37. The van der Waals surface area contributed by atoms with Crippen LogP contribution in [0.4, 0.5) is 4.39 Å². The molecule has 2 aromatic heterocycles. The predicted molar refractivity (Wildman–Crippen MR) is 89.9 cm³/mol. The average Bonchev–Trinajstić information content (AvgIpc) is 3.08. The van der Waals surface area contributed by atoms with Crippen LogP contribution in [0.15, 0.2) is 30.9 Å². The molecule has 0 bridgehead atoms. The number of aromatic nitrogens is 3. The molecule has 1 saturated heterocycles. The lowest BCUT2D eigenvalue weighted by atomic mass is 9.90. The largest absolute Gasteiger partial charge is 0.381 e. The Labute approximate surface area is 142 Å². The van der Waals surface area contributed by atoms with Gasteiger partial charge in [0, 0.05) is 44.4 Å². The first-order valence-corrected chi connectivity index (χ1v) is 8.64. The summed E-state index contributed by atoms with van der Waals surface area (Å²) in [4.78, 5) is 8.56. The molecule has 1 fully saturated rings. The molecule has 1 aliphatic rings. The van der Waals surface area contributed by atoms with Crippen LogP contribution < -0.4 is 5.32 Å². The first-order chi connectivity index (χ1) is 11.7. The molecule has 0 spiro atoms. The van der Waals surface area contributed by atoms with E-state index in [4.69, 9.17) is 4.74 Å². The maximum Gasteiger partial charge on any atom is 0.141 e. The van der Waals surface area contributed by atoms with E-state index in [1.165, 1.54) is 12.3 Å². The number of hydrogen-bond donors (Lipinski definition) is 1. The van der Waals surface area contributed by atoms with Gasteiger partial charge in [-0.25, -0.2) is 9.37 Å². The fourth-order valence-corrected chi connectivity index (χ4v) is 3.37. The zero-order valence-corrected chi connectivity index (χ0v) is 14.3. The Morgan fingerprint density at radius 2 is 2.17 bits per heavy atom. The second kappa shape index (κ2) is 7.85. The van der Waals surface area contributed by atoms with Crippen molar-refractivity contribution in [3.05, 3.63) is 48.1 Å². The lowest BCUT2D eigenvalue weighted by Gasteiger charge is -2.33. The van der Waals surface area contributed by atoms with E-state index in [0.717, 1.165) is 44.0 Å². The average molecular weight is 332 g/mol. The van der Waals surface area contributed by atoms with Crippen LogP contribution >= 0.6 is 0 Å². The molecular formula is C18H25FN4O. The van der Waals surface area contributed by atoms with Crippen molar-refractivity contribution in [1.29, 1.82) is 0 Å². The molecule has 5 nitrogen and oxygen atoms in total. The summed E-state index contributed by atoms with van der Waals surface area (Å²) in [6.45, 7) is 6.61. The zero-order valence-electron chi connectivity index (χ0n) is 14.3. The van der Waals surface area contributed by atoms with Gasteiger partial charge in [0.05, 0.1) is 12.2 Å². The van der Waals surface area contributed by atoms with Gasteiger partial charge < -0.3 is 14.6 Å². The van der Waals surface area contributed by atoms with Crippen molar-refractivity contribution < 1.29 is 9.13 Å². The predicted octanol–water partition coefficient (Wildman–Crippen LogP) is 3.26. The quantitative estimate of drug-likeness (QED) is 0.882. The van der Waals surface area contributed by atoms with Gasteiger partial charge in [0.2, 0.25) is 0 Å². The van der Waals surface area contributed by atoms with Gasteiger partial charge in [-0.2, -0.15) is 0 Å². The van der Waals surface area contributed by atoms with E-state index in [0.29, 0.717) is 5.92 Å². The van der Waals surface area contributed by atoms with Gasteiger partial charge in [0.1, 0.15) is 11.6 Å². The summed E-state index contributed by atoms with van der Waals surface area (Å²) in [5.74, 6) is 1.19. The van der Waals surface area contributed by atoms with E-state index in [1.807, 2.05) is 19.3 Å². The molecule has 0 aliphatic carbocycles. The van der Waals surface area contributed by atoms with Crippen molar-refractivity contribution >= 4 is 0 Å². The lowest BCUT2D eigenvalue weighted by molar-refractivity contribution is 0.0504. The van der Waals surface area contributed by atoms with Crippen molar-refractivity contribution in [2.24, 2.45) is 5.92 Å². The third-order valence-corrected chi connectivity index (χ3v) is 4.76. The third kappa shape index (κ3) is 3.82. The Morgan fingerprint density at radius 1 is 1.38 bits per heavy atom. The van der Waals surface area contributed by atoms with Gasteiger partial charge in [-0.15, -0.1) is 0 Å². The highest BCUT2D eigenvalue weighted by molar-refractivity contribution is 5.15. The smallest absolute Gasteiger partial charge is 0.141 e. The number of halogens is 1. The van der Waals surface area contributed by atoms with E-state index in [-0.39, 0.29) is 17.9 Å². The maximum absolute atomic E-state index is 13.5. The Morgan fingerprint density at radius 3 is 2.88 bits per heavy atom. The Balaban J connectivity index is 1.84. The van der Waals surface area contributed by atoms with Gasteiger partial charge in [-0.3, -0.25) is 4.98 Å². The SMILES string of the molecule is CCn1ccnc1C(NC(C)c1cncc(F)c1)C1CCOCC1. The van der Waals surface area contributed by atoms with Crippen LogP contribution in [0.2, 0.25) is 0 Å². The van der Waals surface area contributed by atoms with Crippen molar-refractivity contribution in [3.8, 4) is 0 Å². The highest BCUT2D eigenvalue weighted by atomic mass is 19.1. The Bertz CT molecular complexity index is 654. The molecule has 2 unspecified atom stereocenters. The normalized spacial score (nSPS) is 18.5. The second-order valence-corrected chi connectivity index (χ2v) is 6.32. The van der Waals surface area contributed by atoms with Crippen LogP contribution in [0, 0.1) is 11.7 Å². The molecule has 0 saturated carbocycles. The highest BCUT2D eigenvalue weighted by Crippen LogP contribution is 2.31. The molecule has 24 heavy (non-hydrogen) atoms.